The van der Waals surface area contributed by atoms with Crippen molar-refractivity contribution < 1.29 is 4.79 Å². The number of anilines is 1. The number of halogens is 2. The molecule has 3 rings (SSSR count). The number of nitrogens with zero attached hydrogens (tertiary/aromatic N) is 1. The van der Waals surface area contributed by atoms with Gasteiger partial charge < -0.3 is 0 Å². The fourth-order valence-corrected chi connectivity index (χ4v) is 4.29. The van der Waals surface area contributed by atoms with E-state index < -0.39 is 0 Å². The van der Waals surface area contributed by atoms with Gasteiger partial charge in [-0.05, 0) is 43.2 Å². The number of thiophene rings is 1. The number of aryl methyl sites for hydroxylation is 2. The molecule has 0 aliphatic rings. The molecule has 7 heteroatoms. The van der Waals surface area contributed by atoms with Crippen LogP contribution in [-0.4, -0.2) is 10.9 Å². The normalized spacial score (nSPS) is 11.0. The number of fused-ring (bicyclic) bond motifs is 1. The maximum absolute atomic E-state index is 12.2. The molecule has 0 fully saturated rings. The van der Waals surface area contributed by atoms with Gasteiger partial charge in [0.1, 0.15) is 4.34 Å². The van der Waals surface area contributed by atoms with Gasteiger partial charge in [0.2, 0.25) is 0 Å². The predicted molar refractivity (Wildman–Crippen MR) is 91.4 cm³/mol. The van der Waals surface area contributed by atoms with E-state index in [4.69, 9.17) is 23.2 Å². The third-order valence-corrected chi connectivity index (χ3v) is 5.55. The van der Waals surface area contributed by atoms with Gasteiger partial charge in [0.25, 0.3) is 5.91 Å². The first kappa shape index (κ1) is 14.8. The van der Waals surface area contributed by atoms with Crippen molar-refractivity contribution in [2.45, 2.75) is 13.8 Å². The molecule has 108 valence electrons. The van der Waals surface area contributed by atoms with Crippen molar-refractivity contribution in [3.8, 4) is 0 Å². The molecular formula is C14H10Cl2N2OS2. The fraction of sp³-hybridized carbons (Fsp3) is 0.143. The number of hydrogen-bond donors (Lipinski definition) is 1. The minimum atomic E-state index is -0.296. The van der Waals surface area contributed by atoms with Crippen LogP contribution in [-0.2, 0) is 0 Å². The smallest absolute Gasteiger partial charge is 0.259 e. The van der Waals surface area contributed by atoms with Crippen LogP contribution in [0, 0.1) is 13.8 Å². The lowest BCUT2D eigenvalue weighted by Crippen LogP contribution is -2.10. The highest BCUT2D eigenvalue weighted by Crippen LogP contribution is 2.33. The zero-order valence-corrected chi connectivity index (χ0v) is 14.3. The number of benzene rings is 1. The van der Waals surface area contributed by atoms with Gasteiger partial charge in [-0.15, -0.1) is 11.3 Å². The standard InChI is InChI=1S/C14H10Cl2N2OS2/c1-6-3-9-10(4-7(6)2)20-14(17-9)18-13(19)8-5-11(15)21-12(8)16/h3-5H,1-2H3,(H,17,18,19). The minimum Gasteiger partial charge on any atom is -0.298 e. The quantitative estimate of drug-likeness (QED) is 0.655. The molecule has 0 bridgehead atoms. The first-order chi connectivity index (χ1) is 9.94. The van der Waals surface area contributed by atoms with Crippen molar-refractivity contribution in [3.05, 3.63) is 43.6 Å². The Labute approximate surface area is 139 Å². The first-order valence-corrected chi connectivity index (χ1v) is 8.47. The second kappa shape index (κ2) is 5.57. The van der Waals surface area contributed by atoms with Gasteiger partial charge in [-0.3, -0.25) is 10.1 Å². The third-order valence-electron chi connectivity index (χ3n) is 3.13. The summed E-state index contributed by atoms with van der Waals surface area (Å²) >= 11 is 14.4. The molecule has 2 heterocycles. The van der Waals surface area contributed by atoms with E-state index in [0.717, 1.165) is 10.2 Å². The Kier molecular flexibility index (Phi) is 3.92. The van der Waals surface area contributed by atoms with Crippen LogP contribution in [0.1, 0.15) is 21.5 Å². The van der Waals surface area contributed by atoms with Gasteiger partial charge in [-0.1, -0.05) is 34.5 Å². The van der Waals surface area contributed by atoms with Gasteiger partial charge in [-0.25, -0.2) is 4.98 Å². The Hall–Kier alpha value is -1.14. The average Bonchev–Trinajstić information content (AvgIpc) is 2.92. The second-order valence-electron chi connectivity index (χ2n) is 4.62. The van der Waals surface area contributed by atoms with Crippen molar-refractivity contribution >= 4 is 67.1 Å². The molecule has 3 aromatic rings. The van der Waals surface area contributed by atoms with E-state index in [1.165, 1.54) is 33.8 Å². The summed E-state index contributed by atoms with van der Waals surface area (Å²) in [6.45, 7) is 4.10. The molecule has 0 saturated heterocycles. The van der Waals surface area contributed by atoms with Crippen LogP contribution < -0.4 is 5.32 Å². The van der Waals surface area contributed by atoms with E-state index >= 15 is 0 Å². The second-order valence-corrected chi connectivity index (χ2v) is 7.93. The van der Waals surface area contributed by atoms with Gasteiger partial charge in [0.05, 0.1) is 20.1 Å². The van der Waals surface area contributed by atoms with Crippen LogP contribution in [0.2, 0.25) is 8.67 Å². The van der Waals surface area contributed by atoms with Crippen LogP contribution in [0.3, 0.4) is 0 Å². The fourth-order valence-electron chi connectivity index (χ4n) is 1.89. The van der Waals surface area contributed by atoms with E-state index in [0.29, 0.717) is 19.4 Å². The summed E-state index contributed by atoms with van der Waals surface area (Å²) < 4.78 is 1.91. The maximum atomic E-state index is 12.2. The van der Waals surface area contributed by atoms with Gasteiger partial charge in [0, 0.05) is 0 Å². The number of rotatable bonds is 2. The van der Waals surface area contributed by atoms with Crippen molar-refractivity contribution in [2.24, 2.45) is 0 Å². The van der Waals surface area contributed by atoms with Crippen molar-refractivity contribution in [1.29, 1.82) is 0 Å². The lowest BCUT2D eigenvalue weighted by Gasteiger charge is -1.98. The lowest BCUT2D eigenvalue weighted by molar-refractivity contribution is 0.102. The number of hydrogen-bond acceptors (Lipinski definition) is 4. The lowest BCUT2D eigenvalue weighted by atomic mass is 10.1. The number of nitrogens with one attached hydrogen (secondary N) is 1. The Morgan fingerprint density at radius 3 is 2.52 bits per heavy atom. The molecule has 0 spiro atoms. The third kappa shape index (κ3) is 2.92. The van der Waals surface area contributed by atoms with Crippen LogP contribution >= 0.6 is 45.9 Å². The summed E-state index contributed by atoms with van der Waals surface area (Å²) in [5.74, 6) is -0.296. The summed E-state index contributed by atoms with van der Waals surface area (Å²) in [7, 11) is 0. The molecule has 0 saturated carbocycles. The van der Waals surface area contributed by atoms with Crippen LogP contribution in [0.4, 0.5) is 5.13 Å². The van der Waals surface area contributed by atoms with Gasteiger partial charge >= 0.3 is 0 Å². The van der Waals surface area contributed by atoms with Crippen molar-refractivity contribution in [3.63, 3.8) is 0 Å². The van der Waals surface area contributed by atoms with E-state index in [9.17, 15) is 4.79 Å². The highest BCUT2D eigenvalue weighted by Gasteiger charge is 2.16. The molecule has 0 aliphatic carbocycles. The average molecular weight is 357 g/mol. The maximum Gasteiger partial charge on any atom is 0.259 e. The van der Waals surface area contributed by atoms with Crippen molar-refractivity contribution in [1.82, 2.24) is 4.98 Å². The molecule has 0 unspecified atom stereocenters. The topological polar surface area (TPSA) is 42.0 Å². The Morgan fingerprint density at radius 2 is 1.86 bits per heavy atom. The zero-order chi connectivity index (χ0) is 15.1. The van der Waals surface area contributed by atoms with E-state index in [1.54, 1.807) is 6.07 Å². The predicted octanol–water partition coefficient (Wildman–Crippen LogP) is 5.53. The van der Waals surface area contributed by atoms with Crippen LogP contribution in [0.25, 0.3) is 10.2 Å². The van der Waals surface area contributed by atoms with E-state index in [-0.39, 0.29) is 5.91 Å². The molecule has 2 aromatic heterocycles. The summed E-state index contributed by atoms with van der Waals surface area (Å²) in [6, 6.07) is 5.66. The number of amides is 1. The number of carbonyl (C=O) groups excluding carboxylic acids is 1. The Balaban J connectivity index is 1.91. The molecule has 0 atom stereocenters. The monoisotopic (exact) mass is 356 g/mol. The molecule has 1 N–H and O–H groups in total. The number of thiazole rings is 1. The minimum absolute atomic E-state index is 0.296. The molecule has 0 aliphatic heterocycles. The van der Waals surface area contributed by atoms with Crippen LogP contribution in [0.15, 0.2) is 18.2 Å². The molecule has 1 aromatic carbocycles. The molecule has 0 radical (unpaired) electrons. The van der Waals surface area contributed by atoms with Gasteiger partial charge in [0.15, 0.2) is 5.13 Å². The zero-order valence-electron chi connectivity index (χ0n) is 11.2. The van der Waals surface area contributed by atoms with Gasteiger partial charge in [-0.2, -0.15) is 0 Å². The molecule has 3 nitrogen and oxygen atoms in total. The summed E-state index contributed by atoms with van der Waals surface area (Å²) in [6.07, 6.45) is 0. The van der Waals surface area contributed by atoms with E-state index in [1.807, 2.05) is 13.0 Å². The Bertz CT molecular complexity index is 815. The summed E-state index contributed by atoms with van der Waals surface area (Å²) in [4.78, 5) is 16.6. The SMILES string of the molecule is Cc1cc2nc(NC(=O)c3cc(Cl)sc3Cl)sc2cc1C. The molecule has 1 amide bonds. The number of carbonyl (C=O) groups is 1. The molecular weight excluding hydrogens is 347 g/mol. The Morgan fingerprint density at radius 1 is 1.14 bits per heavy atom. The first-order valence-electron chi connectivity index (χ1n) is 6.08. The highest BCUT2D eigenvalue weighted by atomic mass is 35.5. The number of aromatic nitrogens is 1. The van der Waals surface area contributed by atoms with Crippen molar-refractivity contribution in [2.75, 3.05) is 5.32 Å². The molecule has 21 heavy (non-hydrogen) atoms. The summed E-state index contributed by atoms with van der Waals surface area (Å²) in [5.41, 5.74) is 3.64. The van der Waals surface area contributed by atoms with E-state index in [2.05, 4.69) is 23.3 Å². The highest BCUT2D eigenvalue weighted by molar-refractivity contribution is 7.22. The summed E-state index contributed by atoms with van der Waals surface area (Å²) in [5, 5.41) is 3.33. The largest absolute Gasteiger partial charge is 0.298 e. The van der Waals surface area contributed by atoms with Crippen LogP contribution in [0.5, 0.6) is 0 Å².